The van der Waals surface area contributed by atoms with Gasteiger partial charge in [0.15, 0.2) is 0 Å². The molecule has 25 heavy (non-hydrogen) atoms. The number of amides is 2. The van der Waals surface area contributed by atoms with Crippen LogP contribution < -0.4 is 10.2 Å². The number of carbonyl (C=O) groups excluding carboxylic acids is 2. The van der Waals surface area contributed by atoms with E-state index in [1.54, 1.807) is 29.2 Å². The van der Waals surface area contributed by atoms with Gasteiger partial charge in [-0.05, 0) is 36.8 Å². The standard InChI is InChI=1S/C20H21N3O2/c1-15-3-5-17(6-4-15)13-20(25)22-11-12-23(16(2)24)19-9-7-18(14-21)8-10-19/h3-10H,11-13H2,1-2H3,(H,22,25). The van der Waals surface area contributed by atoms with E-state index in [1.165, 1.54) is 6.92 Å². The van der Waals surface area contributed by atoms with Crippen molar-refractivity contribution in [3.05, 3.63) is 65.2 Å². The van der Waals surface area contributed by atoms with E-state index >= 15 is 0 Å². The third kappa shape index (κ3) is 5.47. The molecule has 0 aliphatic heterocycles. The molecule has 0 aliphatic carbocycles. The highest BCUT2D eigenvalue weighted by Crippen LogP contribution is 2.15. The Labute approximate surface area is 147 Å². The van der Waals surface area contributed by atoms with Crippen LogP contribution in [-0.4, -0.2) is 24.9 Å². The van der Waals surface area contributed by atoms with Gasteiger partial charge in [0.1, 0.15) is 0 Å². The summed E-state index contributed by atoms with van der Waals surface area (Å²) in [5.41, 5.74) is 3.36. The van der Waals surface area contributed by atoms with Gasteiger partial charge in [-0.15, -0.1) is 0 Å². The maximum Gasteiger partial charge on any atom is 0.224 e. The van der Waals surface area contributed by atoms with Crippen molar-refractivity contribution in [3.63, 3.8) is 0 Å². The monoisotopic (exact) mass is 335 g/mol. The van der Waals surface area contributed by atoms with E-state index in [0.717, 1.165) is 11.1 Å². The van der Waals surface area contributed by atoms with E-state index in [2.05, 4.69) is 5.32 Å². The van der Waals surface area contributed by atoms with Crippen molar-refractivity contribution in [2.75, 3.05) is 18.0 Å². The van der Waals surface area contributed by atoms with Crippen LogP contribution >= 0.6 is 0 Å². The molecule has 2 amide bonds. The van der Waals surface area contributed by atoms with Crippen molar-refractivity contribution in [1.29, 1.82) is 5.26 Å². The third-order valence-corrected chi connectivity index (χ3v) is 3.83. The molecular weight excluding hydrogens is 314 g/mol. The average Bonchev–Trinajstić information content (AvgIpc) is 2.60. The molecule has 0 fully saturated rings. The molecular formula is C20H21N3O2. The van der Waals surface area contributed by atoms with Crippen LogP contribution in [0.25, 0.3) is 0 Å². The number of nitrogens with one attached hydrogen (secondary N) is 1. The van der Waals surface area contributed by atoms with Gasteiger partial charge in [-0.2, -0.15) is 5.26 Å². The van der Waals surface area contributed by atoms with Crippen molar-refractivity contribution in [1.82, 2.24) is 5.32 Å². The van der Waals surface area contributed by atoms with Crippen molar-refractivity contribution in [2.24, 2.45) is 0 Å². The van der Waals surface area contributed by atoms with E-state index < -0.39 is 0 Å². The predicted octanol–water partition coefficient (Wildman–Crippen LogP) is 2.58. The molecule has 0 saturated carbocycles. The van der Waals surface area contributed by atoms with Crippen molar-refractivity contribution in [2.45, 2.75) is 20.3 Å². The molecule has 2 rings (SSSR count). The second-order valence-electron chi connectivity index (χ2n) is 5.84. The lowest BCUT2D eigenvalue weighted by atomic mass is 10.1. The molecule has 0 spiro atoms. The highest BCUT2D eigenvalue weighted by atomic mass is 16.2. The molecule has 0 unspecified atom stereocenters. The first kappa shape index (κ1) is 18.2. The molecule has 2 aromatic rings. The Morgan fingerprint density at radius 3 is 2.28 bits per heavy atom. The summed E-state index contributed by atoms with van der Waals surface area (Å²) < 4.78 is 0. The molecule has 128 valence electrons. The fourth-order valence-corrected chi connectivity index (χ4v) is 2.45. The highest BCUT2D eigenvalue weighted by molar-refractivity contribution is 5.91. The highest BCUT2D eigenvalue weighted by Gasteiger charge is 2.12. The van der Waals surface area contributed by atoms with Crippen LogP contribution in [-0.2, 0) is 16.0 Å². The van der Waals surface area contributed by atoms with Crippen LogP contribution in [0.2, 0.25) is 0 Å². The van der Waals surface area contributed by atoms with Crippen LogP contribution in [0.3, 0.4) is 0 Å². The summed E-state index contributed by atoms with van der Waals surface area (Å²) in [6.07, 6.45) is 0.317. The van der Waals surface area contributed by atoms with Gasteiger partial charge in [-0.1, -0.05) is 29.8 Å². The van der Waals surface area contributed by atoms with Crippen molar-refractivity contribution < 1.29 is 9.59 Å². The van der Waals surface area contributed by atoms with Gasteiger partial charge in [0.25, 0.3) is 0 Å². The summed E-state index contributed by atoms with van der Waals surface area (Å²) in [6, 6.07) is 16.7. The number of hydrogen-bond acceptors (Lipinski definition) is 3. The van der Waals surface area contributed by atoms with Gasteiger partial charge in [0.05, 0.1) is 18.1 Å². The van der Waals surface area contributed by atoms with Gasteiger partial charge in [0.2, 0.25) is 11.8 Å². The molecule has 0 heterocycles. The molecule has 5 heteroatoms. The number of carbonyl (C=O) groups is 2. The zero-order chi connectivity index (χ0) is 18.2. The molecule has 0 bridgehead atoms. The fraction of sp³-hybridized carbons (Fsp3) is 0.250. The molecule has 2 aromatic carbocycles. The number of hydrogen-bond donors (Lipinski definition) is 1. The minimum absolute atomic E-state index is 0.0767. The first-order valence-corrected chi connectivity index (χ1v) is 8.10. The molecule has 1 N–H and O–H groups in total. The Bertz CT molecular complexity index is 774. The summed E-state index contributed by atoms with van der Waals surface area (Å²) in [4.78, 5) is 25.4. The predicted molar refractivity (Wildman–Crippen MR) is 97.1 cm³/mol. The number of anilines is 1. The lowest BCUT2D eigenvalue weighted by molar-refractivity contribution is -0.121. The number of rotatable bonds is 6. The Kier molecular flexibility index (Phi) is 6.30. The van der Waals surface area contributed by atoms with Crippen LogP contribution in [0, 0.1) is 18.3 Å². The summed E-state index contributed by atoms with van der Waals surface area (Å²) in [5.74, 6) is -0.190. The number of benzene rings is 2. The molecule has 0 radical (unpaired) electrons. The molecule has 0 aromatic heterocycles. The van der Waals surface area contributed by atoms with Crippen LogP contribution in [0.1, 0.15) is 23.6 Å². The molecule has 5 nitrogen and oxygen atoms in total. The van der Waals surface area contributed by atoms with Gasteiger partial charge in [-0.3, -0.25) is 9.59 Å². The molecule has 0 atom stereocenters. The van der Waals surface area contributed by atoms with Gasteiger partial charge in [-0.25, -0.2) is 0 Å². The number of aryl methyl sites for hydroxylation is 1. The first-order valence-electron chi connectivity index (χ1n) is 8.10. The lowest BCUT2D eigenvalue weighted by Gasteiger charge is -2.21. The Balaban J connectivity index is 1.88. The summed E-state index contributed by atoms with van der Waals surface area (Å²) in [7, 11) is 0. The minimum Gasteiger partial charge on any atom is -0.354 e. The zero-order valence-corrected chi connectivity index (χ0v) is 14.5. The van der Waals surface area contributed by atoms with Crippen molar-refractivity contribution in [3.8, 4) is 6.07 Å². The average molecular weight is 335 g/mol. The van der Waals surface area contributed by atoms with Crippen LogP contribution in [0.5, 0.6) is 0 Å². The van der Waals surface area contributed by atoms with Gasteiger partial charge < -0.3 is 10.2 Å². The van der Waals surface area contributed by atoms with Crippen LogP contribution in [0.4, 0.5) is 5.69 Å². The lowest BCUT2D eigenvalue weighted by Crippen LogP contribution is -2.38. The summed E-state index contributed by atoms with van der Waals surface area (Å²) in [5, 5.41) is 11.7. The second-order valence-corrected chi connectivity index (χ2v) is 5.84. The second kappa shape index (κ2) is 8.65. The minimum atomic E-state index is -0.113. The zero-order valence-electron chi connectivity index (χ0n) is 14.5. The largest absolute Gasteiger partial charge is 0.354 e. The molecule has 0 saturated heterocycles. The molecule has 0 aliphatic rings. The SMILES string of the molecule is CC(=O)N(CCNC(=O)Cc1ccc(C)cc1)c1ccc(C#N)cc1. The number of nitrogens with zero attached hydrogens (tertiary/aromatic N) is 2. The third-order valence-electron chi connectivity index (χ3n) is 3.83. The quantitative estimate of drug-likeness (QED) is 0.882. The van der Waals surface area contributed by atoms with Gasteiger partial charge >= 0.3 is 0 Å². The van der Waals surface area contributed by atoms with Crippen molar-refractivity contribution >= 4 is 17.5 Å². The Morgan fingerprint density at radius 1 is 1.08 bits per heavy atom. The summed E-state index contributed by atoms with van der Waals surface area (Å²) in [6.45, 7) is 4.22. The fourth-order valence-electron chi connectivity index (χ4n) is 2.45. The Morgan fingerprint density at radius 2 is 1.72 bits per heavy atom. The van der Waals surface area contributed by atoms with E-state index in [9.17, 15) is 9.59 Å². The number of nitriles is 1. The van der Waals surface area contributed by atoms with Crippen LogP contribution in [0.15, 0.2) is 48.5 Å². The first-order chi connectivity index (χ1) is 12.0. The van der Waals surface area contributed by atoms with E-state index in [4.69, 9.17) is 5.26 Å². The maximum absolute atomic E-state index is 12.0. The normalized spacial score (nSPS) is 9.96. The maximum atomic E-state index is 12.0. The summed E-state index contributed by atoms with van der Waals surface area (Å²) >= 11 is 0. The van der Waals surface area contributed by atoms with E-state index in [-0.39, 0.29) is 11.8 Å². The Hall–Kier alpha value is -3.13. The van der Waals surface area contributed by atoms with E-state index in [1.807, 2.05) is 37.3 Å². The van der Waals surface area contributed by atoms with E-state index in [0.29, 0.717) is 30.8 Å². The topological polar surface area (TPSA) is 73.2 Å². The van der Waals surface area contributed by atoms with Gasteiger partial charge in [0, 0.05) is 25.7 Å². The smallest absolute Gasteiger partial charge is 0.224 e.